The third-order valence-corrected chi connectivity index (χ3v) is 5.73. The van der Waals surface area contributed by atoms with Crippen LogP contribution in [0.15, 0.2) is 0 Å². The van der Waals surface area contributed by atoms with Crippen molar-refractivity contribution in [2.45, 2.75) is 150 Å². The molecule has 0 rings (SSSR count). The second-order valence-electron chi connectivity index (χ2n) is 10.9. The average Bonchev–Trinajstić information content (AvgIpc) is 2.55. The number of hydrogen-bond acceptors (Lipinski definition) is 2. The Hall–Kier alpha value is -0.530. The molecule has 168 valence electrons. The molecule has 28 heavy (non-hydrogen) atoms. The fourth-order valence-electron chi connectivity index (χ4n) is 3.94. The minimum atomic E-state index is -0.349. The molecule has 0 spiro atoms. The van der Waals surface area contributed by atoms with Crippen LogP contribution in [-0.2, 0) is 9.53 Å². The topological polar surface area (TPSA) is 26.3 Å². The lowest BCUT2D eigenvalue weighted by Crippen LogP contribution is -2.23. The molecule has 0 aromatic carbocycles. The van der Waals surface area contributed by atoms with Crippen LogP contribution in [0.3, 0.4) is 0 Å². The maximum absolute atomic E-state index is 11.7. The zero-order chi connectivity index (χ0) is 21.5. The smallest absolute Gasteiger partial charge is 0.306 e. The number of hydrogen-bond donors (Lipinski definition) is 0. The molecule has 0 fully saturated rings. The van der Waals surface area contributed by atoms with Gasteiger partial charge in [-0.3, -0.25) is 4.79 Å². The summed E-state index contributed by atoms with van der Waals surface area (Å²) >= 11 is 0. The summed E-state index contributed by atoms with van der Waals surface area (Å²) in [5.74, 6) is 0.841. The number of ether oxygens (including phenoxy) is 1. The second-order valence-corrected chi connectivity index (χ2v) is 10.9. The maximum Gasteiger partial charge on any atom is 0.306 e. The normalized spacial score (nSPS) is 13.5. The lowest BCUT2D eigenvalue weighted by molar-refractivity contribution is -0.154. The first-order valence-electron chi connectivity index (χ1n) is 12.3. The van der Waals surface area contributed by atoms with E-state index >= 15 is 0 Å². The van der Waals surface area contributed by atoms with Gasteiger partial charge < -0.3 is 4.74 Å². The summed E-state index contributed by atoms with van der Waals surface area (Å²) in [6, 6.07) is 0. The molecule has 0 bridgehead atoms. The molecule has 0 radical (unpaired) electrons. The Labute approximate surface area is 177 Å². The Morgan fingerprint density at radius 1 is 0.679 bits per heavy atom. The fourth-order valence-corrected chi connectivity index (χ4v) is 3.94. The Balaban J connectivity index is 3.64. The van der Waals surface area contributed by atoms with Gasteiger partial charge >= 0.3 is 5.97 Å². The standard InChI is InChI=1S/C26H52O2/c1-8-9-10-17-20-23(25(2,3)4)21-18-15-13-11-12-14-16-19-22-24(27)28-26(5,6)7/h23H,8-22H2,1-7H3. The summed E-state index contributed by atoms with van der Waals surface area (Å²) in [6.45, 7) is 15.4. The molecule has 2 nitrogen and oxygen atoms in total. The molecule has 0 amide bonds. The third kappa shape index (κ3) is 17.6. The Morgan fingerprint density at radius 3 is 1.54 bits per heavy atom. The molecule has 0 saturated carbocycles. The van der Waals surface area contributed by atoms with Crippen molar-refractivity contribution >= 4 is 5.97 Å². The molecule has 1 atom stereocenters. The van der Waals surface area contributed by atoms with Crippen LogP contribution in [0.4, 0.5) is 0 Å². The average molecular weight is 397 g/mol. The Morgan fingerprint density at radius 2 is 1.11 bits per heavy atom. The van der Waals surface area contributed by atoms with Crippen molar-refractivity contribution in [1.29, 1.82) is 0 Å². The van der Waals surface area contributed by atoms with Crippen molar-refractivity contribution in [3.63, 3.8) is 0 Å². The van der Waals surface area contributed by atoms with Crippen LogP contribution >= 0.6 is 0 Å². The van der Waals surface area contributed by atoms with E-state index in [1.54, 1.807) is 0 Å². The molecule has 0 aromatic heterocycles. The summed E-state index contributed by atoms with van der Waals surface area (Å²) in [6.07, 6.45) is 19.2. The second kappa shape index (κ2) is 15.3. The highest BCUT2D eigenvalue weighted by atomic mass is 16.6. The van der Waals surface area contributed by atoms with Gasteiger partial charge in [-0.1, -0.05) is 98.3 Å². The van der Waals surface area contributed by atoms with Crippen molar-refractivity contribution in [2.75, 3.05) is 0 Å². The zero-order valence-electron chi connectivity index (χ0n) is 20.5. The van der Waals surface area contributed by atoms with Gasteiger partial charge in [-0.25, -0.2) is 0 Å². The molecular formula is C26H52O2. The van der Waals surface area contributed by atoms with Crippen molar-refractivity contribution in [3.8, 4) is 0 Å². The van der Waals surface area contributed by atoms with E-state index in [0.29, 0.717) is 11.8 Å². The summed E-state index contributed by atoms with van der Waals surface area (Å²) in [4.78, 5) is 11.7. The van der Waals surface area contributed by atoms with Crippen LogP contribution in [0, 0.1) is 11.3 Å². The first kappa shape index (κ1) is 27.5. The number of rotatable bonds is 16. The summed E-state index contributed by atoms with van der Waals surface area (Å²) < 4.78 is 5.35. The van der Waals surface area contributed by atoms with Crippen molar-refractivity contribution < 1.29 is 9.53 Å². The minimum absolute atomic E-state index is 0.0457. The van der Waals surface area contributed by atoms with Crippen molar-refractivity contribution in [2.24, 2.45) is 11.3 Å². The van der Waals surface area contributed by atoms with Crippen LogP contribution < -0.4 is 0 Å². The molecule has 0 N–H and O–H groups in total. The van der Waals surface area contributed by atoms with Gasteiger partial charge in [-0.05, 0) is 51.4 Å². The van der Waals surface area contributed by atoms with Crippen LogP contribution in [0.1, 0.15) is 145 Å². The van der Waals surface area contributed by atoms with Crippen LogP contribution in [-0.4, -0.2) is 11.6 Å². The van der Waals surface area contributed by atoms with Gasteiger partial charge in [0.05, 0.1) is 0 Å². The largest absolute Gasteiger partial charge is 0.460 e. The van der Waals surface area contributed by atoms with E-state index in [1.165, 1.54) is 77.0 Å². The molecule has 0 aliphatic heterocycles. The van der Waals surface area contributed by atoms with Gasteiger partial charge in [0.1, 0.15) is 5.60 Å². The molecule has 2 heteroatoms. The first-order chi connectivity index (χ1) is 13.1. The maximum atomic E-state index is 11.7. The highest BCUT2D eigenvalue weighted by Crippen LogP contribution is 2.34. The van der Waals surface area contributed by atoms with Gasteiger partial charge in [0, 0.05) is 6.42 Å². The minimum Gasteiger partial charge on any atom is -0.460 e. The summed E-state index contributed by atoms with van der Waals surface area (Å²) in [7, 11) is 0. The molecular weight excluding hydrogens is 344 g/mol. The van der Waals surface area contributed by atoms with Crippen LogP contribution in [0.5, 0.6) is 0 Å². The van der Waals surface area contributed by atoms with E-state index in [2.05, 4.69) is 27.7 Å². The van der Waals surface area contributed by atoms with E-state index in [0.717, 1.165) is 18.8 Å². The van der Waals surface area contributed by atoms with E-state index < -0.39 is 0 Å². The third-order valence-electron chi connectivity index (χ3n) is 5.73. The van der Waals surface area contributed by atoms with E-state index in [4.69, 9.17) is 4.74 Å². The van der Waals surface area contributed by atoms with Gasteiger partial charge in [-0.2, -0.15) is 0 Å². The van der Waals surface area contributed by atoms with Crippen LogP contribution in [0.2, 0.25) is 0 Å². The van der Waals surface area contributed by atoms with E-state index in [1.807, 2.05) is 20.8 Å². The highest BCUT2D eigenvalue weighted by molar-refractivity contribution is 5.69. The molecule has 0 heterocycles. The lowest BCUT2D eigenvalue weighted by Gasteiger charge is -2.31. The molecule has 0 aromatic rings. The number of unbranched alkanes of at least 4 members (excludes halogenated alkanes) is 10. The summed E-state index contributed by atoms with van der Waals surface area (Å²) in [5, 5.41) is 0. The predicted molar refractivity (Wildman–Crippen MR) is 124 cm³/mol. The molecule has 0 aliphatic rings. The number of carbonyl (C=O) groups excluding carboxylic acids is 1. The molecule has 0 saturated heterocycles. The van der Waals surface area contributed by atoms with Gasteiger partial charge in [0.15, 0.2) is 0 Å². The molecule has 1 unspecified atom stereocenters. The van der Waals surface area contributed by atoms with Crippen molar-refractivity contribution in [1.82, 2.24) is 0 Å². The number of esters is 1. The first-order valence-corrected chi connectivity index (χ1v) is 12.3. The lowest BCUT2D eigenvalue weighted by atomic mass is 9.75. The monoisotopic (exact) mass is 396 g/mol. The van der Waals surface area contributed by atoms with E-state index in [-0.39, 0.29) is 11.6 Å². The Kier molecular flexibility index (Phi) is 15.0. The number of carbonyl (C=O) groups is 1. The predicted octanol–water partition coefficient (Wildman–Crippen LogP) is 8.86. The Bertz CT molecular complexity index is 373. The summed E-state index contributed by atoms with van der Waals surface area (Å²) in [5.41, 5.74) is 0.110. The van der Waals surface area contributed by atoms with Gasteiger partial charge in [-0.15, -0.1) is 0 Å². The quantitative estimate of drug-likeness (QED) is 0.192. The van der Waals surface area contributed by atoms with Gasteiger partial charge in [0.2, 0.25) is 0 Å². The zero-order valence-corrected chi connectivity index (χ0v) is 20.5. The molecule has 0 aliphatic carbocycles. The van der Waals surface area contributed by atoms with Gasteiger partial charge in [0.25, 0.3) is 0 Å². The SMILES string of the molecule is CCCCCCC(CCCCCCCCCCC(=O)OC(C)(C)C)C(C)(C)C. The van der Waals surface area contributed by atoms with Crippen LogP contribution in [0.25, 0.3) is 0 Å². The fraction of sp³-hybridized carbons (Fsp3) is 0.962. The highest BCUT2D eigenvalue weighted by Gasteiger charge is 2.23. The van der Waals surface area contributed by atoms with Crippen molar-refractivity contribution in [3.05, 3.63) is 0 Å². The van der Waals surface area contributed by atoms with E-state index in [9.17, 15) is 4.79 Å².